The van der Waals surface area contributed by atoms with E-state index in [9.17, 15) is 4.79 Å². The molecule has 1 N–H and O–H groups in total. The van der Waals surface area contributed by atoms with E-state index in [0.717, 1.165) is 11.4 Å². The minimum absolute atomic E-state index is 0.361. The summed E-state index contributed by atoms with van der Waals surface area (Å²) in [5.74, 6) is -0.876. The van der Waals surface area contributed by atoms with Gasteiger partial charge in [-0.1, -0.05) is 12.1 Å². The minimum atomic E-state index is -0.876. The highest BCUT2D eigenvalue weighted by Crippen LogP contribution is 2.28. The Bertz CT molecular complexity index is 548. The fourth-order valence-corrected chi connectivity index (χ4v) is 2.36. The van der Waals surface area contributed by atoms with E-state index in [4.69, 9.17) is 5.11 Å². The molecule has 2 rings (SSSR count). The molecule has 2 aromatic rings. The first kappa shape index (κ1) is 11.7. The summed E-state index contributed by atoms with van der Waals surface area (Å²) >= 11 is 1.24. The molecule has 88 valence electrons. The van der Waals surface area contributed by atoms with Gasteiger partial charge in [0.2, 0.25) is 0 Å². The van der Waals surface area contributed by atoms with Crippen LogP contribution in [0.3, 0.4) is 0 Å². The molecule has 4 heteroatoms. The molecule has 1 aromatic carbocycles. The molecular weight excluding hydrogens is 234 g/mol. The zero-order chi connectivity index (χ0) is 12.4. The van der Waals surface area contributed by atoms with Gasteiger partial charge in [0.25, 0.3) is 0 Å². The monoisotopic (exact) mass is 247 g/mol. The van der Waals surface area contributed by atoms with Crippen LogP contribution in [0.25, 0.3) is 0 Å². The van der Waals surface area contributed by atoms with E-state index in [2.05, 4.69) is 6.07 Å². The summed E-state index contributed by atoms with van der Waals surface area (Å²) in [6.07, 6.45) is 0. The second-order valence-corrected chi connectivity index (χ2v) is 4.78. The van der Waals surface area contributed by atoms with Gasteiger partial charge in [-0.3, -0.25) is 0 Å². The van der Waals surface area contributed by atoms with Crippen LogP contribution in [0.1, 0.15) is 15.2 Å². The zero-order valence-corrected chi connectivity index (χ0v) is 10.5. The van der Waals surface area contributed by atoms with Crippen LogP contribution < -0.4 is 4.90 Å². The number of aryl methyl sites for hydroxylation is 1. The molecule has 0 aliphatic rings. The maximum absolute atomic E-state index is 10.8. The Morgan fingerprint density at radius 3 is 2.65 bits per heavy atom. The normalized spacial score (nSPS) is 10.2. The van der Waals surface area contributed by atoms with Gasteiger partial charge in [0, 0.05) is 18.1 Å². The summed E-state index contributed by atoms with van der Waals surface area (Å²) in [6, 6.07) is 9.79. The van der Waals surface area contributed by atoms with E-state index in [1.54, 1.807) is 6.07 Å². The molecule has 0 aliphatic carbocycles. The van der Waals surface area contributed by atoms with Crippen molar-refractivity contribution >= 4 is 28.7 Å². The number of thiophene rings is 1. The van der Waals surface area contributed by atoms with Crippen molar-refractivity contribution in [3.05, 3.63) is 46.2 Å². The maximum atomic E-state index is 10.8. The van der Waals surface area contributed by atoms with Crippen LogP contribution in [0.15, 0.2) is 35.7 Å². The van der Waals surface area contributed by atoms with Gasteiger partial charge >= 0.3 is 5.97 Å². The number of anilines is 2. The molecule has 0 aliphatic heterocycles. The lowest BCUT2D eigenvalue weighted by molar-refractivity contribution is 0.0702. The third-order valence-electron chi connectivity index (χ3n) is 2.57. The number of rotatable bonds is 3. The lowest BCUT2D eigenvalue weighted by Crippen LogP contribution is -2.08. The van der Waals surface area contributed by atoms with Gasteiger partial charge in [0.15, 0.2) is 0 Å². The van der Waals surface area contributed by atoms with Crippen molar-refractivity contribution < 1.29 is 9.90 Å². The molecule has 1 aromatic heterocycles. The number of aromatic carboxylic acids is 1. The second kappa shape index (κ2) is 4.59. The molecule has 1 heterocycles. The Balaban J connectivity index is 2.30. The lowest BCUT2D eigenvalue weighted by Gasteiger charge is -2.17. The van der Waals surface area contributed by atoms with Crippen molar-refractivity contribution in [2.24, 2.45) is 0 Å². The molecule has 0 fully saturated rings. The largest absolute Gasteiger partial charge is 0.477 e. The van der Waals surface area contributed by atoms with Crippen LogP contribution in [0.5, 0.6) is 0 Å². The van der Waals surface area contributed by atoms with Crippen LogP contribution in [-0.2, 0) is 0 Å². The molecule has 0 spiro atoms. The van der Waals surface area contributed by atoms with Crippen LogP contribution in [-0.4, -0.2) is 18.1 Å². The summed E-state index contributed by atoms with van der Waals surface area (Å²) in [5, 5.41) is 10.7. The summed E-state index contributed by atoms with van der Waals surface area (Å²) < 4.78 is 0. The van der Waals surface area contributed by atoms with E-state index in [1.807, 2.05) is 42.5 Å². The minimum Gasteiger partial charge on any atom is -0.477 e. The predicted molar refractivity (Wildman–Crippen MR) is 70.5 cm³/mol. The van der Waals surface area contributed by atoms with Crippen molar-refractivity contribution in [2.75, 3.05) is 11.9 Å². The first-order valence-electron chi connectivity index (χ1n) is 5.20. The standard InChI is InChI=1S/C13H13NO2S/c1-9-4-3-5-10(6-9)14(2)11-7-12(13(15)16)17-8-11/h3-8H,1-2H3,(H,15,16). The molecule has 0 atom stereocenters. The van der Waals surface area contributed by atoms with Crippen LogP contribution >= 0.6 is 11.3 Å². The topological polar surface area (TPSA) is 40.5 Å². The van der Waals surface area contributed by atoms with Crippen LogP contribution in [0, 0.1) is 6.92 Å². The van der Waals surface area contributed by atoms with Gasteiger partial charge in [-0.25, -0.2) is 4.79 Å². The number of hydrogen-bond acceptors (Lipinski definition) is 3. The third kappa shape index (κ3) is 2.47. The molecule has 0 radical (unpaired) electrons. The fourth-order valence-electron chi connectivity index (χ4n) is 1.60. The van der Waals surface area contributed by atoms with Crippen molar-refractivity contribution in [1.29, 1.82) is 0 Å². The highest BCUT2D eigenvalue weighted by Gasteiger charge is 2.10. The van der Waals surface area contributed by atoms with Gasteiger partial charge < -0.3 is 10.0 Å². The Kier molecular flexibility index (Phi) is 3.15. The summed E-state index contributed by atoms with van der Waals surface area (Å²) in [7, 11) is 1.93. The fraction of sp³-hybridized carbons (Fsp3) is 0.154. The molecule has 0 bridgehead atoms. The predicted octanol–water partition coefficient (Wildman–Crippen LogP) is 3.52. The molecular formula is C13H13NO2S. The van der Waals surface area contributed by atoms with E-state index < -0.39 is 5.97 Å². The number of carboxylic acids is 1. The first-order valence-corrected chi connectivity index (χ1v) is 6.08. The van der Waals surface area contributed by atoms with E-state index in [0.29, 0.717) is 4.88 Å². The van der Waals surface area contributed by atoms with E-state index in [-0.39, 0.29) is 0 Å². The smallest absolute Gasteiger partial charge is 0.345 e. The number of carbonyl (C=O) groups is 1. The highest BCUT2D eigenvalue weighted by molar-refractivity contribution is 7.12. The number of carboxylic acid groups (broad SMARTS) is 1. The number of hydrogen-bond donors (Lipinski definition) is 1. The Morgan fingerprint density at radius 2 is 2.06 bits per heavy atom. The summed E-state index contributed by atoms with van der Waals surface area (Å²) in [4.78, 5) is 13.2. The molecule has 0 amide bonds. The lowest BCUT2D eigenvalue weighted by atomic mass is 10.2. The maximum Gasteiger partial charge on any atom is 0.345 e. The van der Waals surface area contributed by atoms with Gasteiger partial charge in [0.05, 0.1) is 5.69 Å². The van der Waals surface area contributed by atoms with Crippen molar-refractivity contribution in [2.45, 2.75) is 6.92 Å². The number of benzene rings is 1. The molecule has 0 unspecified atom stereocenters. The molecule has 17 heavy (non-hydrogen) atoms. The Morgan fingerprint density at radius 1 is 1.29 bits per heavy atom. The van der Waals surface area contributed by atoms with E-state index in [1.165, 1.54) is 16.9 Å². The average Bonchev–Trinajstić information content (AvgIpc) is 2.77. The van der Waals surface area contributed by atoms with Crippen molar-refractivity contribution in [3.8, 4) is 0 Å². The summed E-state index contributed by atoms with van der Waals surface area (Å²) in [6.45, 7) is 2.04. The van der Waals surface area contributed by atoms with Gasteiger partial charge in [-0.2, -0.15) is 0 Å². The molecule has 0 saturated heterocycles. The Hall–Kier alpha value is -1.81. The van der Waals surface area contributed by atoms with Gasteiger partial charge in [-0.15, -0.1) is 11.3 Å². The highest BCUT2D eigenvalue weighted by atomic mass is 32.1. The van der Waals surface area contributed by atoms with Gasteiger partial charge in [0.1, 0.15) is 4.88 Å². The molecule has 3 nitrogen and oxygen atoms in total. The van der Waals surface area contributed by atoms with Crippen LogP contribution in [0.2, 0.25) is 0 Å². The summed E-state index contributed by atoms with van der Waals surface area (Å²) in [5.41, 5.74) is 3.14. The second-order valence-electron chi connectivity index (χ2n) is 3.87. The molecule has 0 saturated carbocycles. The quantitative estimate of drug-likeness (QED) is 0.902. The Labute approximate surface area is 104 Å². The van der Waals surface area contributed by atoms with Crippen molar-refractivity contribution in [3.63, 3.8) is 0 Å². The third-order valence-corrected chi connectivity index (χ3v) is 3.48. The first-order chi connectivity index (χ1) is 8.08. The average molecular weight is 247 g/mol. The number of nitrogens with zero attached hydrogens (tertiary/aromatic N) is 1. The SMILES string of the molecule is Cc1cccc(N(C)c2csc(C(=O)O)c2)c1. The zero-order valence-electron chi connectivity index (χ0n) is 9.68. The van der Waals surface area contributed by atoms with Gasteiger partial charge in [-0.05, 0) is 30.7 Å². The van der Waals surface area contributed by atoms with Crippen molar-refractivity contribution in [1.82, 2.24) is 0 Å². The van der Waals surface area contributed by atoms with E-state index >= 15 is 0 Å². The van der Waals surface area contributed by atoms with Crippen LogP contribution in [0.4, 0.5) is 11.4 Å².